The molecule has 0 aliphatic heterocycles. The van der Waals surface area contributed by atoms with E-state index in [1.54, 1.807) is 26.0 Å². The SMILES string of the molecule is CCC(C(=O)c1ccccc1C)S(=O)(=O)CC. The number of benzene rings is 1. The van der Waals surface area contributed by atoms with Gasteiger partial charge in [-0.3, -0.25) is 4.79 Å². The van der Waals surface area contributed by atoms with Crippen LogP contribution in [0.5, 0.6) is 0 Å². The van der Waals surface area contributed by atoms with Crippen LogP contribution in [0.25, 0.3) is 0 Å². The van der Waals surface area contributed by atoms with Gasteiger partial charge in [0.25, 0.3) is 0 Å². The highest BCUT2D eigenvalue weighted by molar-refractivity contribution is 7.92. The van der Waals surface area contributed by atoms with Crippen molar-refractivity contribution in [2.75, 3.05) is 5.75 Å². The summed E-state index contributed by atoms with van der Waals surface area (Å²) in [5.74, 6) is -0.282. The summed E-state index contributed by atoms with van der Waals surface area (Å²) in [5.41, 5.74) is 1.33. The number of carbonyl (C=O) groups is 1. The van der Waals surface area contributed by atoms with E-state index in [2.05, 4.69) is 0 Å². The molecule has 0 aliphatic carbocycles. The van der Waals surface area contributed by atoms with Gasteiger partial charge in [-0.25, -0.2) is 8.42 Å². The summed E-state index contributed by atoms with van der Waals surface area (Å²) in [6.07, 6.45) is 0.323. The van der Waals surface area contributed by atoms with E-state index in [-0.39, 0.29) is 11.5 Å². The average molecular weight is 254 g/mol. The summed E-state index contributed by atoms with van der Waals surface area (Å²) in [4.78, 5) is 12.2. The van der Waals surface area contributed by atoms with Gasteiger partial charge >= 0.3 is 0 Å². The molecule has 0 heterocycles. The summed E-state index contributed by atoms with van der Waals surface area (Å²) < 4.78 is 23.7. The molecule has 1 aromatic rings. The molecule has 4 heteroatoms. The van der Waals surface area contributed by atoms with Crippen LogP contribution in [0.15, 0.2) is 24.3 Å². The maximum atomic E-state index is 12.2. The molecule has 0 saturated carbocycles. The van der Waals surface area contributed by atoms with Crippen molar-refractivity contribution in [3.8, 4) is 0 Å². The summed E-state index contributed by atoms with van der Waals surface area (Å²) >= 11 is 0. The van der Waals surface area contributed by atoms with Gasteiger partial charge in [0.15, 0.2) is 15.6 Å². The molecule has 1 unspecified atom stereocenters. The highest BCUT2D eigenvalue weighted by atomic mass is 32.2. The molecule has 0 saturated heterocycles. The Labute approximate surface area is 103 Å². The van der Waals surface area contributed by atoms with E-state index in [0.717, 1.165) is 5.56 Å². The normalized spacial score (nSPS) is 13.4. The molecule has 17 heavy (non-hydrogen) atoms. The van der Waals surface area contributed by atoms with Crippen molar-refractivity contribution >= 4 is 15.6 Å². The van der Waals surface area contributed by atoms with E-state index < -0.39 is 15.1 Å². The number of hydrogen-bond donors (Lipinski definition) is 0. The van der Waals surface area contributed by atoms with Gasteiger partial charge in [-0.1, -0.05) is 38.1 Å². The van der Waals surface area contributed by atoms with Crippen molar-refractivity contribution in [3.05, 3.63) is 35.4 Å². The lowest BCUT2D eigenvalue weighted by Crippen LogP contribution is -2.31. The lowest BCUT2D eigenvalue weighted by Gasteiger charge is -2.14. The minimum absolute atomic E-state index is 0.00310. The predicted octanol–water partition coefficient (Wildman–Crippen LogP) is 2.39. The van der Waals surface area contributed by atoms with Gasteiger partial charge in [0.2, 0.25) is 0 Å². The van der Waals surface area contributed by atoms with E-state index >= 15 is 0 Å². The monoisotopic (exact) mass is 254 g/mol. The van der Waals surface area contributed by atoms with Crippen molar-refractivity contribution in [1.82, 2.24) is 0 Å². The van der Waals surface area contributed by atoms with Crippen LogP contribution in [0.2, 0.25) is 0 Å². The van der Waals surface area contributed by atoms with E-state index in [9.17, 15) is 13.2 Å². The van der Waals surface area contributed by atoms with Gasteiger partial charge in [0, 0.05) is 11.3 Å². The molecular weight excluding hydrogens is 236 g/mol. The molecule has 0 amide bonds. The summed E-state index contributed by atoms with van der Waals surface area (Å²) in [7, 11) is -3.32. The quantitative estimate of drug-likeness (QED) is 0.758. The van der Waals surface area contributed by atoms with Crippen LogP contribution in [0.1, 0.15) is 36.2 Å². The zero-order valence-electron chi connectivity index (χ0n) is 10.4. The number of rotatable bonds is 5. The first-order valence-electron chi connectivity index (χ1n) is 5.75. The molecule has 3 nitrogen and oxygen atoms in total. The van der Waals surface area contributed by atoms with Crippen LogP contribution >= 0.6 is 0 Å². The van der Waals surface area contributed by atoms with E-state index in [4.69, 9.17) is 0 Å². The van der Waals surface area contributed by atoms with E-state index in [1.807, 2.05) is 19.1 Å². The lowest BCUT2D eigenvalue weighted by molar-refractivity contribution is 0.0985. The Morgan fingerprint density at radius 2 is 1.82 bits per heavy atom. The molecule has 94 valence electrons. The first kappa shape index (κ1) is 13.9. The molecule has 1 aromatic carbocycles. The first-order valence-corrected chi connectivity index (χ1v) is 7.47. The lowest BCUT2D eigenvalue weighted by atomic mass is 10.0. The average Bonchev–Trinajstić information content (AvgIpc) is 2.30. The Hall–Kier alpha value is -1.16. The van der Waals surface area contributed by atoms with Crippen LogP contribution in [0.3, 0.4) is 0 Å². The van der Waals surface area contributed by atoms with Gasteiger partial charge in [0.1, 0.15) is 5.25 Å². The van der Waals surface area contributed by atoms with Crippen molar-refractivity contribution < 1.29 is 13.2 Å². The molecule has 0 fully saturated rings. The van der Waals surface area contributed by atoms with Crippen molar-refractivity contribution in [2.45, 2.75) is 32.4 Å². The van der Waals surface area contributed by atoms with Crippen molar-refractivity contribution in [1.29, 1.82) is 0 Å². The second kappa shape index (κ2) is 5.45. The number of hydrogen-bond acceptors (Lipinski definition) is 3. The maximum Gasteiger partial charge on any atom is 0.181 e. The summed E-state index contributed by atoms with van der Waals surface area (Å²) in [6.45, 7) is 5.12. The fraction of sp³-hybridized carbons (Fsp3) is 0.462. The fourth-order valence-corrected chi connectivity index (χ4v) is 3.19. The molecule has 0 bridgehead atoms. The second-order valence-corrected chi connectivity index (χ2v) is 6.50. The number of aryl methyl sites for hydroxylation is 1. The standard InChI is InChI=1S/C13H18O3S/c1-4-12(17(15,16)5-2)13(14)11-9-7-6-8-10(11)3/h6-9,12H,4-5H2,1-3H3. The Morgan fingerprint density at radius 1 is 1.24 bits per heavy atom. The van der Waals surface area contributed by atoms with Crippen molar-refractivity contribution in [3.63, 3.8) is 0 Å². The number of Topliss-reactive ketones (excluding diaryl/α,β-unsaturated/α-hetero) is 1. The van der Waals surface area contributed by atoms with Crippen LogP contribution in [0, 0.1) is 6.92 Å². The van der Waals surface area contributed by atoms with Gasteiger partial charge in [-0.05, 0) is 18.9 Å². The number of sulfone groups is 1. The Morgan fingerprint density at radius 3 is 2.29 bits per heavy atom. The van der Waals surface area contributed by atoms with Crippen molar-refractivity contribution in [2.24, 2.45) is 0 Å². The van der Waals surface area contributed by atoms with Crippen LogP contribution in [-0.2, 0) is 9.84 Å². The Bertz CT molecular complexity index is 503. The Balaban J connectivity index is 3.16. The smallest absolute Gasteiger partial charge is 0.181 e. The third kappa shape index (κ3) is 2.94. The zero-order chi connectivity index (χ0) is 13.1. The number of carbonyl (C=O) groups excluding carboxylic acids is 1. The maximum absolute atomic E-state index is 12.2. The zero-order valence-corrected chi connectivity index (χ0v) is 11.3. The molecule has 0 radical (unpaired) electrons. The predicted molar refractivity (Wildman–Crippen MR) is 69.0 cm³/mol. The molecule has 0 N–H and O–H groups in total. The van der Waals surface area contributed by atoms with Crippen LogP contribution in [-0.4, -0.2) is 25.2 Å². The summed E-state index contributed by atoms with van der Waals surface area (Å²) in [6, 6.07) is 7.09. The molecule has 0 aliphatic rings. The third-order valence-corrected chi connectivity index (χ3v) is 5.13. The second-order valence-electron chi connectivity index (χ2n) is 4.03. The van der Waals surface area contributed by atoms with E-state index in [1.165, 1.54) is 0 Å². The molecule has 1 rings (SSSR count). The van der Waals surface area contributed by atoms with Gasteiger partial charge in [-0.15, -0.1) is 0 Å². The van der Waals surface area contributed by atoms with Gasteiger partial charge in [0.05, 0.1) is 0 Å². The minimum Gasteiger partial charge on any atom is -0.293 e. The van der Waals surface area contributed by atoms with Gasteiger partial charge in [-0.2, -0.15) is 0 Å². The van der Waals surface area contributed by atoms with Gasteiger partial charge < -0.3 is 0 Å². The fourth-order valence-electron chi connectivity index (χ4n) is 1.83. The molecular formula is C13H18O3S. The summed E-state index contributed by atoms with van der Waals surface area (Å²) in [5, 5.41) is -0.909. The molecule has 0 spiro atoms. The molecule has 0 aromatic heterocycles. The number of ketones is 1. The topological polar surface area (TPSA) is 51.2 Å². The molecule has 1 atom stereocenters. The third-order valence-electron chi connectivity index (χ3n) is 2.91. The largest absolute Gasteiger partial charge is 0.293 e. The highest BCUT2D eigenvalue weighted by Gasteiger charge is 2.30. The first-order chi connectivity index (χ1) is 7.94. The minimum atomic E-state index is -3.32. The van der Waals surface area contributed by atoms with Crippen LogP contribution in [0.4, 0.5) is 0 Å². The Kier molecular flexibility index (Phi) is 4.46. The van der Waals surface area contributed by atoms with E-state index in [0.29, 0.717) is 12.0 Å². The van der Waals surface area contributed by atoms with Crippen LogP contribution < -0.4 is 0 Å². The highest BCUT2D eigenvalue weighted by Crippen LogP contribution is 2.17.